The molecule has 1 rings (SSSR count). The second-order valence-electron chi connectivity index (χ2n) is 3.42. The van der Waals surface area contributed by atoms with Gasteiger partial charge in [-0.15, -0.1) is 0 Å². The number of carbonyl (C=O) groups excluding carboxylic acids is 2. The third kappa shape index (κ3) is 4.27. The number of carbonyl (C=O) groups is 2. The van der Waals surface area contributed by atoms with E-state index < -0.39 is 12.6 Å². The van der Waals surface area contributed by atoms with Crippen LogP contribution in [-0.2, 0) is 16.0 Å². The fraction of sp³-hybridized carbons (Fsp3) is 0.333. The Morgan fingerprint density at radius 1 is 1.47 bits per heavy atom. The predicted molar refractivity (Wildman–Crippen MR) is 66.5 cm³/mol. The fourth-order valence-electron chi connectivity index (χ4n) is 1.44. The van der Waals surface area contributed by atoms with Crippen molar-refractivity contribution in [1.29, 1.82) is 0 Å². The number of esters is 1. The summed E-state index contributed by atoms with van der Waals surface area (Å²) in [5.74, 6) is -0.758. The maximum atomic E-state index is 12.3. The zero-order valence-electron chi connectivity index (χ0n) is 9.99. The first-order valence-electron chi connectivity index (χ1n) is 5.36. The summed E-state index contributed by atoms with van der Waals surface area (Å²) in [5.41, 5.74) is 0.393. The van der Waals surface area contributed by atoms with Gasteiger partial charge in [0.1, 0.15) is 5.75 Å². The first kappa shape index (κ1) is 15.6. The largest absolute Gasteiger partial charge is 0.466 e. The van der Waals surface area contributed by atoms with Crippen LogP contribution in [0.25, 0.3) is 0 Å². The molecule has 0 aliphatic heterocycles. The molecule has 0 saturated carbocycles. The van der Waals surface area contributed by atoms with Gasteiger partial charge in [0.05, 0.1) is 13.0 Å². The van der Waals surface area contributed by atoms with E-state index in [0.717, 1.165) is 0 Å². The van der Waals surface area contributed by atoms with Crippen molar-refractivity contribution in [1.82, 2.24) is 0 Å². The Morgan fingerprint density at radius 3 is 2.68 bits per heavy atom. The van der Waals surface area contributed by atoms with E-state index in [2.05, 4.69) is 20.7 Å². The van der Waals surface area contributed by atoms with Gasteiger partial charge in [-0.3, -0.25) is 9.59 Å². The molecule has 104 valence electrons. The summed E-state index contributed by atoms with van der Waals surface area (Å²) in [5, 5.41) is 0. The standard InChI is InChI=1S/C12H11BrF2O4/c1-2-18-10(17)5-8-9(19-12(14)15)4-3-7(6-16)11(8)13/h3-4,6,12H,2,5H2,1H3. The maximum absolute atomic E-state index is 12.3. The number of ether oxygens (including phenoxy) is 2. The van der Waals surface area contributed by atoms with E-state index in [-0.39, 0.29) is 34.4 Å². The summed E-state index contributed by atoms with van der Waals surface area (Å²) < 4.78 is 33.9. The Kier molecular flexibility index (Phi) is 5.88. The van der Waals surface area contributed by atoms with Crippen LogP contribution in [0.4, 0.5) is 8.78 Å². The number of benzene rings is 1. The summed E-state index contributed by atoms with van der Waals surface area (Å²) in [6.45, 7) is -1.21. The van der Waals surface area contributed by atoms with Gasteiger partial charge in [-0.25, -0.2) is 0 Å². The van der Waals surface area contributed by atoms with Crippen LogP contribution in [0.2, 0.25) is 0 Å². The van der Waals surface area contributed by atoms with Gasteiger partial charge in [-0.2, -0.15) is 8.78 Å². The van der Waals surface area contributed by atoms with E-state index in [0.29, 0.717) is 6.29 Å². The monoisotopic (exact) mass is 336 g/mol. The Labute approximate surface area is 116 Å². The highest BCUT2D eigenvalue weighted by molar-refractivity contribution is 9.10. The topological polar surface area (TPSA) is 52.6 Å². The van der Waals surface area contributed by atoms with Crippen molar-refractivity contribution < 1.29 is 27.8 Å². The summed E-state index contributed by atoms with van der Waals surface area (Å²) in [6.07, 6.45) is 0.281. The van der Waals surface area contributed by atoms with Crippen LogP contribution in [0.5, 0.6) is 5.75 Å². The Morgan fingerprint density at radius 2 is 2.16 bits per heavy atom. The van der Waals surface area contributed by atoms with Gasteiger partial charge in [0.15, 0.2) is 6.29 Å². The van der Waals surface area contributed by atoms with Crippen molar-refractivity contribution in [2.45, 2.75) is 20.0 Å². The molecule has 7 heteroatoms. The zero-order valence-corrected chi connectivity index (χ0v) is 11.6. The molecule has 0 spiro atoms. The van der Waals surface area contributed by atoms with Gasteiger partial charge in [0, 0.05) is 15.6 Å². The van der Waals surface area contributed by atoms with Gasteiger partial charge in [-0.05, 0) is 35.0 Å². The van der Waals surface area contributed by atoms with Crippen molar-refractivity contribution in [2.75, 3.05) is 6.61 Å². The van der Waals surface area contributed by atoms with E-state index in [9.17, 15) is 18.4 Å². The second kappa shape index (κ2) is 7.18. The van der Waals surface area contributed by atoms with Gasteiger partial charge in [0.2, 0.25) is 0 Å². The molecule has 0 aliphatic carbocycles. The SMILES string of the molecule is CCOC(=O)Cc1c(OC(F)F)ccc(C=O)c1Br. The van der Waals surface area contributed by atoms with E-state index in [1.807, 2.05) is 0 Å². The summed E-state index contributed by atoms with van der Waals surface area (Å²) in [4.78, 5) is 22.2. The van der Waals surface area contributed by atoms with Gasteiger partial charge >= 0.3 is 12.6 Å². The van der Waals surface area contributed by atoms with Crippen LogP contribution < -0.4 is 4.74 Å². The minimum absolute atomic E-state index is 0.156. The molecule has 0 radical (unpaired) electrons. The summed E-state index contributed by atoms with van der Waals surface area (Å²) >= 11 is 3.10. The lowest BCUT2D eigenvalue weighted by atomic mass is 10.1. The van der Waals surface area contributed by atoms with Crippen LogP contribution in [0.1, 0.15) is 22.8 Å². The quantitative estimate of drug-likeness (QED) is 0.592. The average Bonchev–Trinajstić information content (AvgIpc) is 2.34. The smallest absolute Gasteiger partial charge is 0.387 e. The molecular weight excluding hydrogens is 326 g/mol. The first-order chi connectivity index (χ1) is 8.99. The minimum Gasteiger partial charge on any atom is -0.466 e. The average molecular weight is 337 g/mol. The normalized spacial score (nSPS) is 10.4. The summed E-state index contributed by atoms with van der Waals surface area (Å²) in [6, 6.07) is 2.54. The third-order valence-corrected chi connectivity index (χ3v) is 3.14. The highest BCUT2D eigenvalue weighted by Crippen LogP contribution is 2.31. The molecular formula is C12H11BrF2O4. The molecule has 0 bridgehead atoms. The molecule has 0 N–H and O–H groups in total. The summed E-state index contributed by atoms with van der Waals surface area (Å²) in [7, 11) is 0. The molecule has 0 amide bonds. The molecule has 19 heavy (non-hydrogen) atoms. The van der Waals surface area contributed by atoms with Crippen molar-refractivity contribution in [3.05, 3.63) is 27.7 Å². The number of hydrogen-bond acceptors (Lipinski definition) is 4. The number of alkyl halides is 2. The molecule has 0 saturated heterocycles. The van der Waals surface area contributed by atoms with Crippen LogP contribution in [0, 0.1) is 0 Å². The van der Waals surface area contributed by atoms with Crippen LogP contribution in [0.15, 0.2) is 16.6 Å². The maximum Gasteiger partial charge on any atom is 0.387 e. The van der Waals surface area contributed by atoms with Crippen molar-refractivity contribution >= 4 is 28.2 Å². The second-order valence-corrected chi connectivity index (χ2v) is 4.22. The van der Waals surface area contributed by atoms with Gasteiger partial charge in [-0.1, -0.05) is 0 Å². The molecule has 0 fully saturated rings. The molecule has 0 atom stereocenters. The number of hydrogen-bond donors (Lipinski definition) is 0. The molecule has 1 aromatic rings. The predicted octanol–water partition coefficient (Wildman–Crippen LogP) is 2.97. The van der Waals surface area contributed by atoms with Crippen molar-refractivity contribution in [3.8, 4) is 5.75 Å². The van der Waals surface area contributed by atoms with Crippen molar-refractivity contribution in [2.24, 2.45) is 0 Å². The lowest BCUT2D eigenvalue weighted by Crippen LogP contribution is -2.12. The van der Waals surface area contributed by atoms with Crippen molar-refractivity contribution in [3.63, 3.8) is 0 Å². The lowest BCUT2D eigenvalue weighted by Gasteiger charge is -2.13. The molecule has 1 aromatic carbocycles. The Bertz CT molecular complexity index is 477. The molecule has 0 heterocycles. The van der Waals surface area contributed by atoms with E-state index in [1.54, 1.807) is 6.92 Å². The molecule has 0 aliphatic rings. The van der Waals surface area contributed by atoms with E-state index in [1.165, 1.54) is 12.1 Å². The lowest BCUT2D eigenvalue weighted by molar-refractivity contribution is -0.142. The van der Waals surface area contributed by atoms with E-state index >= 15 is 0 Å². The fourth-order valence-corrected chi connectivity index (χ4v) is 2.00. The number of aldehydes is 1. The Balaban J connectivity index is 3.14. The third-order valence-electron chi connectivity index (χ3n) is 2.20. The first-order valence-corrected chi connectivity index (χ1v) is 6.15. The van der Waals surface area contributed by atoms with Crippen LogP contribution in [-0.4, -0.2) is 25.5 Å². The van der Waals surface area contributed by atoms with Gasteiger partial charge < -0.3 is 9.47 Å². The van der Waals surface area contributed by atoms with Gasteiger partial charge in [0.25, 0.3) is 0 Å². The van der Waals surface area contributed by atoms with Crippen LogP contribution >= 0.6 is 15.9 Å². The molecule has 0 aromatic heterocycles. The highest BCUT2D eigenvalue weighted by atomic mass is 79.9. The highest BCUT2D eigenvalue weighted by Gasteiger charge is 2.18. The molecule has 4 nitrogen and oxygen atoms in total. The minimum atomic E-state index is -3.02. The zero-order chi connectivity index (χ0) is 14.4. The van der Waals surface area contributed by atoms with E-state index in [4.69, 9.17) is 4.74 Å². The number of halogens is 3. The van der Waals surface area contributed by atoms with Crippen LogP contribution in [0.3, 0.4) is 0 Å². The molecule has 0 unspecified atom stereocenters. The Hall–Kier alpha value is -1.50. The number of rotatable bonds is 6.